The van der Waals surface area contributed by atoms with E-state index < -0.39 is 0 Å². The lowest BCUT2D eigenvalue weighted by Gasteiger charge is -2.32. The fraction of sp³-hybridized carbons (Fsp3) is 0.278. The third kappa shape index (κ3) is 3.58. The van der Waals surface area contributed by atoms with E-state index in [1.54, 1.807) is 12.4 Å². The van der Waals surface area contributed by atoms with Gasteiger partial charge in [-0.15, -0.1) is 0 Å². The molecule has 25 heavy (non-hydrogen) atoms. The molecule has 3 aromatic rings. The number of fused-ring (bicyclic) bond motifs is 1. The standard InChI is InChI=1S/C18H18N4O3/c23-18-4-7-20-17-11-14(5-8-22(17)18)16-12-21(9-10-24-16)25-13-15-3-1-2-6-19-15/h1-8,11,16H,9-10,12-13H2. The van der Waals surface area contributed by atoms with Gasteiger partial charge in [0.2, 0.25) is 0 Å². The number of aromatic nitrogens is 3. The van der Waals surface area contributed by atoms with Gasteiger partial charge in [0.05, 0.1) is 24.9 Å². The number of hydroxylamine groups is 2. The van der Waals surface area contributed by atoms with Crippen LogP contribution in [0.15, 0.2) is 59.8 Å². The second-order valence-corrected chi connectivity index (χ2v) is 5.81. The fourth-order valence-corrected chi connectivity index (χ4v) is 2.83. The highest BCUT2D eigenvalue weighted by Gasteiger charge is 2.23. The summed E-state index contributed by atoms with van der Waals surface area (Å²) < 4.78 is 7.39. The summed E-state index contributed by atoms with van der Waals surface area (Å²) >= 11 is 0. The number of nitrogens with zero attached hydrogens (tertiary/aromatic N) is 4. The first-order chi connectivity index (χ1) is 12.3. The van der Waals surface area contributed by atoms with Gasteiger partial charge in [-0.3, -0.25) is 19.0 Å². The van der Waals surface area contributed by atoms with Crippen LogP contribution in [0.3, 0.4) is 0 Å². The lowest BCUT2D eigenvalue weighted by atomic mass is 10.1. The Labute approximate surface area is 144 Å². The van der Waals surface area contributed by atoms with E-state index in [4.69, 9.17) is 9.57 Å². The Bertz CT molecular complexity index is 913. The van der Waals surface area contributed by atoms with Crippen LogP contribution in [-0.4, -0.2) is 39.1 Å². The normalized spacial score (nSPS) is 18.5. The Balaban J connectivity index is 1.46. The molecular weight excluding hydrogens is 320 g/mol. The molecular formula is C18H18N4O3. The van der Waals surface area contributed by atoms with E-state index in [-0.39, 0.29) is 11.7 Å². The molecule has 1 aliphatic rings. The summed E-state index contributed by atoms with van der Waals surface area (Å²) in [7, 11) is 0. The van der Waals surface area contributed by atoms with Gasteiger partial charge in [-0.25, -0.2) is 4.98 Å². The van der Waals surface area contributed by atoms with Crippen molar-refractivity contribution in [1.82, 2.24) is 19.4 Å². The van der Waals surface area contributed by atoms with Crippen LogP contribution in [0.4, 0.5) is 0 Å². The van der Waals surface area contributed by atoms with Crippen LogP contribution in [0, 0.1) is 0 Å². The van der Waals surface area contributed by atoms with Gasteiger partial charge in [-0.2, -0.15) is 5.06 Å². The molecule has 0 aliphatic carbocycles. The molecule has 3 aromatic heterocycles. The first-order valence-corrected chi connectivity index (χ1v) is 8.16. The van der Waals surface area contributed by atoms with Gasteiger partial charge < -0.3 is 4.74 Å². The molecule has 0 aromatic carbocycles. The van der Waals surface area contributed by atoms with Crippen molar-refractivity contribution in [3.8, 4) is 0 Å². The van der Waals surface area contributed by atoms with Crippen molar-refractivity contribution in [2.24, 2.45) is 0 Å². The minimum Gasteiger partial charge on any atom is -0.371 e. The molecule has 1 atom stereocenters. The van der Waals surface area contributed by atoms with Crippen molar-refractivity contribution >= 4 is 5.65 Å². The minimum atomic E-state index is -0.125. The lowest BCUT2D eigenvalue weighted by Crippen LogP contribution is -2.38. The molecule has 0 N–H and O–H groups in total. The molecule has 0 saturated carbocycles. The molecule has 4 rings (SSSR count). The molecule has 0 spiro atoms. The first kappa shape index (κ1) is 15.9. The van der Waals surface area contributed by atoms with Crippen LogP contribution in [0.25, 0.3) is 5.65 Å². The van der Waals surface area contributed by atoms with Crippen LogP contribution >= 0.6 is 0 Å². The van der Waals surface area contributed by atoms with Crippen molar-refractivity contribution in [3.05, 3.63) is 76.6 Å². The molecule has 1 aliphatic heterocycles. The van der Waals surface area contributed by atoms with Crippen molar-refractivity contribution in [1.29, 1.82) is 0 Å². The minimum absolute atomic E-state index is 0.0959. The lowest BCUT2D eigenvalue weighted by molar-refractivity contribution is -0.221. The third-order valence-corrected chi connectivity index (χ3v) is 4.14. The van der Waals surface area contributed by atoms with Gasteiger partial charge >= 0.3 is 0 Å². The summed E-state index contributed by atoms with van der Waals surface area (Å²) in [5, 5.41) is 1.90. The van der Waals surface area contributed by atoms with E-state index in [2.05, 4.69) is 9.97 Å². The first-order valence-electron chi connectivity index (χ1n) is 8.16. The average Bonchev–Trinajstić information content (AvgIpc) is 2.67. The quantitative estimate of drug-likeness (QED) is 0.720. The monoisotopic (exact) mass is 338 g/mol. The fourth-order valence-electron chi connectivity index (χ4n) is 2.83. The van der Waals surface area contributed by atoms with Crippen LogP contribution in [-0.2, 0) is 16.2 Å². The second kappa shape index (κ2) is 7.10. The molecule has 0 radical (unpaired) electrons. The Morgan fingerprint density at radius 1 is 1.20 bits per heavy atom. The molecule has 4 heterocycles. The van der Waals surface area contributed by atoms with Crippen LogP contribution in [0.5, 0.6) is 0 Å². The smallest absolute Gasteiger partial charge is 0.257 e. The van der Waals surface area contributed by atoms with Crippen molar-refractivity contribution in [2.45, 2.75) is 12.7 Å². The zero-order chi connectivity index (χ0) is 17.1. The zero-order valence-electron chi connectivity index (χ0n) is 13.6. The van der Waals surface area contributed by atoms with E-state index in [1.807, 2.05) is 35.4 Å². The van der Waals surface area contributed by atoms with E-state index in [0.29, 0.717) is 32.0 Å². The van der Waals surface area contributed by atoms with Gasteiger partial charge in [-0.05, 0) is 29.8 Å². The van der Waals surface area contributed by atoms with Gasteiger partial charge in [0.25, 0.3) is 5.56 Å². The molecule has 1 fully saturated rings. The van der Waals surface area contributed by atoms with E-state index in [9.17, 15) is 4.79 Å². The summed E-state index contributed by atoms with van der Waals surface area (Å²) in [6, 6.07) is 11.0. The highest BCUT2D eigenvalue weighted by atomic mass is 16.7. The largest absolute Gasteiger partial charge is 0.371 e. The number of hydrogen-bond acceptors (Lipinski definition) is 6. The molecule has 0 amide bonds. The van der Waals surface area contributed by atoms with Crippen LogP contribution < -0.4 is 5.56 Å². The Hall–Kier alpha value is -2.61. The Kier molecular flexibility index (Phi) is 4.51. The Morgan fingerprint density at radius 2 is 2.16 bits per heavy atom. The van der Waals surface area contributed by atoms with E-state index in [0.717, 1.165) is 11.3 Å². The second-order valence-electron chi connectivity index (χ2n) is 5.81. The van der Waals surface area contributed by atoms with Gasteiger partial charge in [0.15, 0.2) is 0 Å². The Morgan fingerprint density at radius 3 is 3.04 bits per heavy atom. The third-order valence-electron chi connectivity index (χ3n) is 4.14. The van der Waals surface area contributed by atoms with Crippen molar-refractivity contribution in [3.63, 3.8) is 0 Å². The summed E-state index contributed by atoms with van der Waals surface area (Å²) in [6.07, 6.45) is 4.88. The van der Waals surface area contributed by atoms with Crippen LogP contribution in [0.1, 0.15) is 17.4 Å². The summed E-state index contributed by atoms with van der Waals surface area (Å²) in [5.41, 5.74) is 2.38. The number of hydrogen-bond donors (Lipinski definition) is 0. The molecule has 7 heteroatoms. The number of pyridine rings is 2. The number of rotatable bonds is 4. The number of morpholine rings is 1. The van der Waals surface area contributed by atoms with E-state index >= 15 is 0 Å². The topological polar surface area (TPSA) is 69.0 Å². The van der Waals surface area contributed by atoms with Crippen LogP contribution in [0.2, 0.25) is 0 Å². The predicted molar refractivity (Wildman–Crippen MR) is 90.8 cm³/mol. The van der Waals surface area contributed by atoms with Crippen molar-refractivity contribution in [2.75, 3.05) is 19.7 Å². The molecule has 1 unspecified atom stereocenters. The maximum absolute atomic E-state index is 11.8. The highest BCUT2D eigenvalue weighted by molar-refractivity contribution is 5.41. The molecule has 0 bridgehead atoms. The molecule has 1 saturated heterocycles. The number of ether oxygens (including phenoxy) is 1. The summed E-state index contributed by atoms with van der Waals surface area (Å²) in [5.74, 6) is 0. The molecule has 128 valence electrons. The average molecular weight is 338 g/mol. The summed E-state index contributed by atoms with van der Waals surface area (Å²) in [4.78, 5) is 26.1. The van der Waals surface area contributed by atoms with Gasteiger partial charge in [0, 0.05) is 31.2 Å². The predicted octanol–water partition coefficient (Wildman–Crippen LogP) is 1.59. The molecule has 7 nitrogen and oxygen atoms in total. The zero-order valence-corrected chi connectivity index (χ0v) is 13.6. The highest BCUT2D eigenvalue weighted by Crippen LogP contribution is 2.23. The van der Waals surface area contributed by atoms with E-state index in [1.165, 1.54) is 16.7 Å². The maximum atomic E-state index is 11.8. The maximum Gasteiger partial charge on any atom is 0.257 e. The summed E-state index contributed by atoms with van der Waals surface area (Å²) in [6.45, 7) is 2.32. The van der Waals surface area contributed by atoms with Crippen molar-refractivity contribution < 1.29 is 9.57 Å². The van der Waals surface area contributed by atoms with Gasteiger partial charge in [0.1, 0.15) is 12.3 Å². The van der Waals surface area contributed by atoms with Gasteiger partial charge in [-0.1, -0.05) is 6.07 Å². The SMILES string of the molecule is O=c1ccnc2cc(C3CN(OCc4ccccn4)CCO3)ccn12.